The lowest BCUT2D eigenvalue weighted by atomic mass is 10.1. The van der Waals surface area contributed by atoms with Gasteiger partial charge in [-0.05, 0) is 30.1 Å². The fraction of sp³-hybridized carbons (Fsp3) is 0.267. The summed E-state index contributed by atoms with van der Waals surface area (Å²) in [4.78, 5) is 15.7. The quantitative estimate of drug-likeness (QED) is 0.735. The topological polar surface area (TPSA) is 20.3 Å². The van der Waals surface area contributed by atoms with E-state index in [-0.39, 0.29) is 5.78 Å². The number of likely N-dealkylation sites (N-methyl/N-ethyl adjacent to an activating group) is 1. The molecular weight excluding hydrogens is 322 g/mol. The summed E-state index contributed by atoms with van der Waals surface area (Å²) >= 11 is 5.13. The number of ketones is 1. The molecule has 2 rings (SSSR count). The van der Waals surface area contributed by atoms with Crippen LogP contribution in [0.4, 0.5) is 0 Å². The first kappa shape index (κ1) is 14.4. The van der Waals surface area contributed by atoms with E-state index in [4.69, 9.17) is 0 Å². The highest BCUT2D eigenvalue weighted by atomic mass is 79.9. The third-order valence-corrected chi connectivity index (χ3v) is 4.27. The van der Waals surface area contributed by atoms with Crippen LogP contribution in [0.1, 0.15) is 22.2 Å². The molecule has 2 aromatic rings. The number of benzene rings is 1. The normalized spacial score (nSPS) is 10.9. The molecule has 0 unspecified atom stereocenters. The number of nitrogens with zero attached hydrogens (tertiary/aromatic N) is 1. The van der Waals surface area contributed by atoms with Gasteiger partial charge in [-0.3, -0.25) is 9.69 Å². The molecule has 100 valence electrons. The van der Waals surface area contributed by atoms with Crippen molar-refractivity contribution in [1.82, 2.24) is 4.90 Å². The van der Waals surface area contributed by atoms with Crippen LogP contribution in [0.5, 0.6) is 0 Å². The van der Waals surface area contributed by atoms with Gasteiger partial charge in [0, 0.05) is 21.5 Å². The van der Waals surface area contributed by atoms with Gasteiger partial charge in [0.15, 0.2) is 5.78 Å². The summed E-state index contributed by atoms with van der Waals surface area (Å²) in [6.07, 6.45) is 0. The first-order valence-electron chi connectivity index (χ1n) is 6.22. The fourth-order valence-electron chi connectivity index (χ4n) is 1.86. The Morgan fingerprint density at radius 1 is 1.32 bits per heavy atom. The standard InChI is InChI=1S/C15H16BrNOS/c1-2-17(10-14-7-4-8-19-14)11-15(18)12-5-3-6-13(16)9-12/h3-9H,2,10-11H2,1H3. The second-order valence-electron chi connectivity index (χ2n) is 4.32. The minimum Gasteiger partial charge on any atom is -0.293 e. The maximum Gasteiger partial charge on any atom is 0.176 e. The van der Waals surface area contributed by atoms with Crippen LogP contribution in [0.2, 0.25) is 0 Å². The van der Waals surface area contributed by atoms with E-state index >= 15 is 0 Å². The largest absolute Gasteiger partial charge is 0.293 e. The van der Waals surface area contributed by atoms with Gasteiger partial charge in [-0.25, -0.2) is 0 Å². The van der Waals surface area contributed by atoms with E-state index in [1.165, 1.54) is 4.88 Å². The average Bonchev–Trinajstić information content (AvgIpc) is 2.90. The zero-order valence-corrected chi connectivity index (χ0v) is 13.2. The summed E-state index contributed by atoms with van der Waals surface area (Å²) in [7, 11) is 0. The van der Waals surface area contributed by atoms with Crippen molar-refractivity contribution in [3.8, 4) is 0 Å². The summed E-state index contributed by atoms with van der Waals surface area (Å²) in [5, 5.41) is 2.07. The zero-order chi connectivity index (χ0) is 13.7. The van der Waals surface area contributed by atoms with Gasteiger partial charge < -0.3 is 0 Å². The Kier molecular flexibility index (Phi) is 5.31. The van der Waals surface area contributed by atoms with Crippen molar-refractivity contribution in [2.75, 3.05) is 13.1 Å². The summed E-state index contributed by atoms with van der Waals surface area (Å²) in [6.45, 7) is 4.26. The van der Waals surface area contributed by atoms with Gasteiger partial charge >= 0.3 is 0 Å². The van der Waals surface area contributed by atoms with E-state index in [0.717, 1.165) is 23.1 Å². The maximum atomic E-state index is 12.2. The molecule has 0 spiro atoms. The Hall–Kier alpha value is -0.970. The lowest BCUT2D eigenvalue weighted by molar-refractivity contribution is 0.0930. The third-order valence-electron chi connectivity index (χ3n) is 2.92. The molecule has 19 heavy (non-hydrogen) atoms. The van der Waals surface area contributed by atoms with Crippen molar-refractivity contribution < 1.29 is 4.79 Å². The predicted molar refractivity (Wildman–Crippen MR) is 83.7 cm³/mol. The van der Waals surface area contributed by atoms with Gasteiger partial charge in [-0.15, -0.1) is 11.3 Å². The highest BCUT2D eigenvalue weighted by molar-refractivity contribution is 9.10. The van der Waals surface area contributed by atoms with E-state index in [1.54, 1.807) is 11.3 Å². The molecule has 1 aromatic carbocycles. The van der Waals surface area contributed by atoms with Gasteiger partial charge in [0.25, 0.3) is 0 Å². The predicted octanol–water partition coefficient (Wildman–Crippen LogP) is 4.22. The monoisotopic (exact) mass is 337 g/mol. The molecule has 0 fully saturated rings. The van der Waals surface area contributed by atoms with E-state index < -0.39 is 0 Å². The molecule has 0 saturated carbocycles. The lowest BCUT2D eigenvalue weighted by Gasteiger charge is -2.18. The molecule has 0 aliphatic heterocycles. The summed E-state index contributed by atoms with van der Waals surface area (Å²) in [5.74, 6) is 0.166. The van der Waals surface area contributed by atoms with E-state index in [1.807, 2.05) is 30.3 Å². The van der Waals surface area contributed by atoms with Crippen LogP contribution in [-0.2, 0) is 6.54 Å². The molecule has 1 heterocycles. The van der Waals surface area contributed by atoms with Gasteiger partial charge in [0.05, 0.1) is 6.54 Å². The molecule has 0 aliphatic rings. The van der Waals surface area contributed by atoms with Crippen LogP contribution >= 0.6 is 27.3 Å². The molecular formula is C15H16BrNOS. The lowest BCUT2D eigenvalue weighted by Crippen LogP contribution is -2.29. The Morgan fingerprint density at radius 2 is 2.16 bits per heavy atom. The molecule has 1 aromatic heterocycles. The zero-order valence-electron chi connectivity index (χ0n) is 10.8. The number of hydrogen-bond acceptors (Lipinski definition) is 3. The van der Waals surface area contributed by atoms with E-state index in [9.17, 15) is 4.79 Å². The second-order valence-corrected chi connectivity index (χ2v) is 6.26. The van der Waals surface area contributed by atoms with Gasteiger partial charge in [0.1, 0.15) is 0 Å². The molecule has 4 heteroatoms. The highest BCUT2D eigenvalue weighted by Gasteiger charge is 2.12. The molecule has 0 saturated heterocycles. The van der Waals surface area contributed by atoms with Crippen molar-refractivity contribution in [2.24, 2.45) is 0 Å². The summed E-state index contributed by atoms with van der Waals surface area (Å²) in [6, 6.07) is 11.7. The van der Waals surface area contributed by atoms with E-state index in [0.29, 0.717) is 6.54 Å². The molecule has 0 amide bonds. The summed E-state index contributed by atoms with van der Waals surface area (Å²) < 4.78 is 0.944. The van der Waals surface area contributed by atoms with Crippen LogP contribution in [0.15, 0.2) is 46.3 Å². The highest BCUT2D eigenvalue weighted by Crippen LogP contribution is 2.14. The van der Waals surface area contributed by atoms with Crippen molar-refractivity contribution in [2.45, 2.75) is 13.5 Å². The number of thiophene rings is 1. The number of Topliss-reactive ketones (excluding diaryl/α,β-unsaturated/α-hetero) is 1. The molecule has 0 aliphatic carbocycles. The van der Waals surface area contributed by atoms with Crippen molar-refractivity contribution in [1.29, 1.82) is 0 Å². The number of carbonyl (C=O) groups excluding carboxylic acids is 1. The molecule has 0 atom stereocenters. The second kappa shape index (κ2) is 6.98. The van der Waals surface area contributed by atoms with Crippen LogP contribution in [0, 0.1) is 0 Å². The van der Waals surface area contributed by atoms with Crippen molar-refractivity contribution in [3.63, 3.8) is 0 Å². The number of rotatable bonds is 6. The van der Waals surface area contributed by atoms with Crippen LogP contribution < -0.4 is 0 Å². The Morgan fingerprint density at radius 3 is 2.79 bits per heavy atom. The molecule has 2 nitrogen and oxygen atoms in total. The average molecular weight is 338 g/mol. The minimum absolute atomic E-state index is 0.166. The first-order chi connectivity index (χ1) is 9.19. The van der Waals surface area contributed by atoms with Crippen molar-refractivity contribution >= 4 is 33.0 Å². The fourth-order valence-corrected chi connectivity index (χ4v) is 3.00. The maximum absolute atomic E-state index is 12.2. The molecule has 0 N–H and O–H groups in total. The number of carbonyl (C=O) groups is 1. The van der Waals surface area contributed by atoms with Crippen LogP contribution in [-0.4, -0.2) is 23.8 Å². The number of halogens is 1. The molecule has 0 radical (unpaired) electrons. The van der Waals surface area contributed by atoms with Crippen molar-refractivity contribution in [3.05, 3.63) is 56.7 Å². The Labute approximate surface area is 126 Å². The van der Waals surface area contributed by atoms with Crippen LogP contribution in [0.3, 0.4) is 0 Å². The van der Waals surface area contributed by atoms with E-state index in [2.05, 4.69) is 39.2 Å². The third kappa shape index (κ3) is 4.27. The first-order valence-corrected chi connectivity index (χ1v) is 7.90. The van der Waals surface area contributed by atoms with Gasteiger partial charge in [0.2, 0.25) is 0 Å². The Bertz CT molecular complexity index is 539. The Balaban J connectivity index is 2.00. The summed E-state index contributed by atoms with van der Waals surface area (Å²) in [5.41, 5.74) is 0.763. The minimum atomic E-state index is 0.166. The number of hydrogen-bond donors (Lipinski definition) is 0. The van der Waals surface area contributed by atoms with Crippen LogP contribution in [0.25, 0.3) is 0 Å². The molecule has 0 bridgehead atoms. The SMILES string of the molecule is CCN(CC(=O)c1cccc(Br)c1)Cc1cccs1. The van der Waals surface area contributed by atoms with Gasteiger partial charge in [-0.2, -0.15) is 0 Å². The smallest absolute Gasteiger partial charge is 0.176 e. The van der Waals surface area contributed by atoms with Gasteiger partial charge in [-0.1, -0.05) is 41.1 Å².